The maximum atomic E-state index is 5.64. The number of ether oxygens (including phenoxy) is 2. The third kappa shape index (κ3) is 3.01. The topological polar surface area (TPSA) is 56.3 Å². The van der Waals surface area contributed by atoms with Crippen molar-refractivity contribution in [2.45, 2.75) is 20.3 Å². The van der Waals surface area contributed by atoms with E-state index in [4.69, 9.17) is 9.47 Å². The van der Waals surface area contributed by atoms with Crippen molar-refractivity contribution in [3.8, 4) is 11.5 Å². The molecule has 0 spiro atoms. The number of benzene rings is 1. The Balaban J connectivity index is 1.48. The van der Waals surface area contributed by atoms with Crippen molar-refractivity contribution >= 4 is 27.4 Å². The van der Waals surface area contributed by atoms with Gasteiger partial charge in [0.15, 0.2) is 11.5 Å². The van der Waals surface area contributed by atoms with Crippen molar-refractivity contribution in [2.75, 3.05) is 25.1 Å². The maximum absolute atomic E-state index is 5.64. The second-order valence-electron chi connectivity index (χ2n) is 5.85. The Labute approximate surface area is 144 Å². The highest BCUT2D eigenvalue weighted by Crippen LogP contribution is 2.31. The molecule has 124 valence electrons. The zero-order valence-electron chi connectivity index (χ0n) is 13.8. The molecular formula is C18H19N3O2S. The second kappa shape index (κ2) is 6.28. The van der Waals surface area contributed by atoms with E-state index in [0.29, 0.717) is 13.2 Å². The molecule has 3 aromatic rings. The van der Waals surface area contributed by atoms with Gasteiger partial charge >= 0.3 is 0 Å². The zero-order chi connectivity index (χ0) is 16.5. The predicted octanol–water partition coefficient (Wildman–Crippen LogP) is 3.73. The molecule has 2 aromatic heterocycles. The standard InChI is InChI=1S/C18H19N3O2S/c1-11-9-14-17(20-12(2)21-18(14)24-11)19-6-5-13-3-4-15-16(10-13)23-8-7-22-15/h3-4,9-10H,5-8H2,1-2H3,(H,19,20,21). The highest BCUT2D eigenvalue weighted by Gasteiger charge is 2.12. The fraction of sp³-hybridized carbons (Fsp3) is 0.333. The summed E-state index contributed by atoms with van der Waals surface area (Å²) in [6.07, 6.45) is 0.893. The summed E-state index contributed by atoms with van der Waals surface area (Å²) in [6, 6.07) is 8.28. The number of hydrogen-bond acceptors (Lipinski definition) is 6. The highest BCUT2D eigenvalue weighted by atomic mass is 32.1. The van der Waals surface area contributed by atoms with Gasteiger partial charge in [-0.15, -0.1) is 11.3 Å². The van der Waals surface area contributed by atoms with Crippen molar-refractivity contribution in [3.05, 3.63) is 40.5 Å². The lowest BCUT2D eigenvalue weighted by molar-refractivity contribution is 0.171. The first-order chi connectivity index (χ1) is 11.7. The fourth-order valence-electron chi connectivity index (χ4n) is 2.85. The number of thiophene rings is 1. The summed E-state index contributed by atoms with van der Waals surface area (Å²) < 4.78 is 11.2. The van der Waals surface area contributed by atoms with E-state index in [1.165, 1.54) is 10.4 Å². The van der Waals surface area contributed by atoms with Crippen LogP contribution in [0.15, 0.2) is 24.3 Å². The summed E-state index contributed by atoms with van der Waals surface area (Å²) in [5, 5.41) is 4.56. The van der Waals surface area contributed by atoms with Crippen LogP contribution in [0.25, 0.3) is 10.2 Å². The number of nitrogens with zero attached hydrogens (tertiary/aromatic N) is 2. The molecule has 0 fully saturated rings. The largest absolute Gasteiger partial charge is 0.486 e. The van der Waals surface area contributed by atoms with Gasteiger partial charge in [0, 0.05) is 11.4 Å². The van der Waals surface area contributed by atoms with Crippen LogP contribution in [-0.2, 0) is 6.42 Å². The van der Waals surface area contributed by atoms with E-state index in [1.807, 2.05) is 13.0 Å². The van der Waals surface area contributed by atoms with Crippen molar-refractivity contribution < 1.29 is 9.47 Å². The first-order valence-corrected chi connectivity index (χ1v) is 8.88. The number of nitrogens with one attached hydrogen (secondary N) is 1. The molecule has 0 unspecified atom stereocenters. The molecule has 3 heterocycles. The summed E-state index contributed by atoms with van der Waals surface area (Å²) in [4.78, 5) is 11.4. The van der Waals surface area contributed by atoms with E-state index in [0.717, 1.165) is 46.3 Å². The Morgan fingerprint density at radius 1 is 1.08 bits per heavy atom. The Kier molecular flexibility index (Phi) is 3.98. The molecule has 1 aliphatic rings. The van der Waals surface area contributed by atoms with E-state index in [-0.39, 0.29) is 0 Å². The van der Waals surface area contributed by atoms with Gasteiger partial charge in [0.05, 0.1) is 5.39 Å². The van der Waals surface area contributed by atoms with Crippen LogP contribution in [0.2, 0.25) is 0 Å². The van der Waals surface area contributed by atoms with Gasteiger partial charge in [0.25, 0.3) is 0 Å². The molecule has 0 bridgehead atoms. The van der Waals surface area contributed by atoms with E-state index in [1.54, 1.807) is 11.3 Å². The number of anilines is 1. The van der Waals surface area contributed by atoms with Crippen molar-refractivity contribution in [1.29, 1.82) is 0 Å². The van der Waals surface area contributed by atoms with Gasteiger partial charge in [-0.05, 0) is 44.0 Å². The number of aromatic nitrogens is 2. The summed E-state index contributed by atoms with van der Waals surface area (Å²) in [5.74, 6) is 3.39. The van der Waals surface area contributed by atoms with Gasteiger partial charge in [-0.3, -0.25) is 0 Å². The minimum atomic E-state index is 0.615. The molecule has 24 heavy (non-hydrogen) atoms. The lowest BCUT2D eigenvalue weighted by Crippen LogP contribution is -2.15. The summed E-state index contributed by atoms with van der Waals surface area (Å²) >= 11 is 1.70. The van der Waals surface area contributed by atoms with Crippen LogP contribution < -0.4 is 14.8 Å². The average molecular weight is 341 g/mol. The quantitative estimate of drug-likeness (QED) is 0.783. The molecule has 0 saturated carbocycles. The average Bonchev–Trinajstić information content (AvgIpc) is 2.95. The van der Waals surface area contributed by atoms with Crippen LogP contribution in [0, 0.1) is 13.8 Å². The molecule has 1 N–H and O–H groups in total. The van der Waals surface area contributed by atoms with Gasteiger partial charge < -0.3 is 14.8 Å². The van der Waals surface area contributed by atoms with E-state index in [2.05, 4.69) is 40.4 Å². The SMILES string of the molecule is Cc1nc(NCCc2ccc3c(c2)OCCO3)c2cc(C)sc2n1. The third-order valence-electron chi connectivity index (χ3n) is 3.94. The Morgan fingerprint density at radius 2 is 1.92 bits per heavy atom. The molecule has 0 atom stereocenters. The third-order valence-corrected chi connectivity index (χ3v) is 4.88. The Hall–Kier alpha value is -2.34. The molecular weight excluding hydrogens is 322 g/mol. The molecule has 4 rings (SSSR count). The molecule has 1 aliphatic heterocycles. The fourth-order valence-corrected chi connectivity index (χ4v) is 3.78. The molecule has 0 saturated heterocycles. The molecule has 0 amide bonds. The Bertz CT molecular complexity index is 891. The number of fused-ring (bicyclic) bond motifs is 2. The van der Waals surface area contributed by atoms with E-state index in [9.17, 15) is 0 Å². The normalized spacial score (nSPS) is 13.2. The molecule has 5 nitrogen and oxygen atoms in total. The van der Waals surface area contributed by atoms with Crippen LogP contribution >= 0.6 is 11.3 Å². The number of aryl methyl sites for hydroxylation is 2. The van der Waals surface area contributed by atoms with Crippen molar-refractivity contribution in [2.24, 2.45) is 0 Å². The van der Waals surface area contributed by atoms with Crippen molar-refractivity contribution in [3.63, 3.8) is 0 Å². The molecule has 6 heteroatoms. The summed E-state index contributed by atoms with van der Waals surface area (Å²) in [5.41, 5.74) is 1.22. The molecule has 1 aromatic carbocycles. The van der Waals surface area contributed by atoms with Crippen LogP contribution in [0.3, 0.4) is 0 Å². The molecule has 0 radical (unpaired) electrons. The summed E-state index contributed by atoms with van der Waals surface area (Å²) in [7, 11) is 0. The number of hydrogen-bond donors (Lipinski definition) is 1. The van der Waals surface area contributed by atoms with Gasteiger partial charge in [0.2, 0.25) is 0 Å². The van der Waals surface area contributed by atoms with Crippen LogP contribution in [0.1, 0.15) is 16.3 Å². The lowest BCUT2D eigenvalue weighted by Gasteiger charge is -2.19. The van der Waals surface area contributed by atoms with Crippen LogP contribution in [0.5, 0.6) is 11.5 Å². The molecule has 0 aliphatic carbocycles. The smallest absolute Gasteiger partial charge is 0.161 e. The van der Waals surface area contributed by atoms with Crippen LogP contribution in [-0.4, -0.2) is 29.7 Å². The predicted molar refractivity (Wildman–Crippen MR) is 96.5 cm³/mol. The maximum Gasteiger partial charge on any atom is 0.161 e. The second-order valence-corrected chi connectivity index (χ2v) is 7.08. The lowest BCUT2D eigenvalue weighted by atomic mass is 10.1. The van der Waals surface area contributed by atoms with Gasteiger partial charge in [-0.2, -0.15) is 0 Å². The van der Waals surface area contributed by atoms with E-state index < -0.39 is 0 Å². The van der Waals surface area contributed by atoms with Gasteiger partial charge in [-0.25, -0.2) is 9.97 Å². The van der Waals surface area contributed by atoms with E-state index >= 15 is 0 Å². The zero-order valence-corrected chi connectivity index (χ0v) is 14.6. The van der Waals surface area contributed by atoms with Gasteiger partial charge in [-0.1, -0.05) is 6.07 Å². The number of rotatable bonds is 4. The Morgan fingerprint density at radius 3 is 2.79 bits per heavy atom. The van der Waals surface area contributed by atoms with Gasteiger partial charge in [0.1, 0.15) is 29.7 Å². The first kappa shape index (κ1) is 15.2. The van der Waals surface area contributed by atoms with Crippen LogP contribution in [0.4, 0.5) is 5.82 Å². The minimum Gasteiger partial charge on any atom is -0.486 e. The summed E-state index contributed by atoms with van der Waals surface area (Å²) in [6.45, 7) is 6.07. The first-order valence-electron chi connectivity index (χ1n) is 8.06. The highest BCUT2D eigenvalue weighted by molar-refractivity contribution is 7.18. The van der Waals surface area contributed by atoms with Crippen molar-refractivity contribution in [1.82, 2.24) is 9.97 Å². The monoisotopic (exact) mass is 341 g/mol. The minimum absolute atomic E-state index is 0.615.